The average molecular weight is 377 g/mol. The highest BCUT2D eigenvalue weighted by Gasteiger charge is 2.22. The highest BCUT2D eigenvalue weighted by molar-refractivity contribution is 6.13. The maximum Gasteiger partial charge on any atom is 0.189 e. The number of fused-ring (bicyclic) bond motifs is 1. The van der Waals surface area contributed by atoms with Gasteiger partial charge in [-0.15, -0.1) is 0 Å². The second-order valence-electron chi connectivity index (χ2n) is 7.63. The van der Waals surface area contributed by atoms with E-state index in [4.69, 9.17) is 4.74 Å². The normalized spacial score (nSPS) is 19.0. The molecule has 1 fully saturated rings. The molecule has 2 aromatic carbocycles. The Morgan fingerprint density at radius 1 is 1.00 bits per heavy atom. The van der Waals surface area contributed by atoms with Gasteiger partial charge < -0.3 is 14.5 Å². The van der Waals surface area contributed by atoms with E-state index >= 15 is 0 Å². The molecule has 0 saturated carbocycles. The highest BCUT2D eigenvalue weighted by Crippen LogP contribution is 2.30. The molecule has 0 unspecified atom stereocenters. The van der Waals surface area contributed by atoms with Crippen molar-refractivity contribution in [2.24, 2.45) is 0 Å². The highest BCUT2D eigenvalue weighted by atomic mass is 16.5. The van der Waals surface area contributed by atoms with Crippen LogP contribution in [0.4, 0.5) is 5.69 Å². The fourth-order valence-corrected chi connectivity index (χ4v) is 4.00. The Labute approximate surface area is 167 Å². The molecule has 4 rings (SSSR count). The van der Waals surface area contributed by atoms with E-state index in [1.165, 1.54) is 5.69 Å². The van der Waals surface area contributed by atoms with Crippen molar-refractivity contribution in [1.29, 1.82) is 0 Å². The molecular weight excluding hydrogens is 348 g/mol. The average Bonchev–Trinajstić information content (AvgIpc) is 2.72. The summed E-state index contributed by atoms with van der Waals surface area (Å²) in [5.41, 5.74) is 5.16. The number of ketones is 1. The number of rotatable bonds is 4. The number of Topliss-reactive ketones (excluding diaryl/α,β-unsaturated/α-hetero) is 1. The number of piperazine rings is 1. The van der Waals surface area contributed by atoms with Crippen LogP contribution in [0, 0.1) is 0 Å². The maximum absolute atomic E-state index is 12.9. The quantitative estimate of drug-likeness (QED) is 0.754. The predicted octanol–water partition coefficient (Wildman–Crippen LogP) is 4.05. The van der Waals surface area contributed by atoms with Gasteiger partial charge in [-0.2, -0.15) is 0 Å². The van der Waals surface area contributed by atoms with Crippen LogP contribution in [0.3, 0.4) is 0 Å². The lowest BCUT2D eigenvalue weighted by molar-refractivity contribution is 0.102. The summed E-state index contributed by atoms with van der Waals surface area (Å²) in [6, 6.07) is 14.4. The van der Waals surface area contributed by atoms with Crippen molar-refractivity contribution in [2.45, 2.75) is 19.8 Å². The van der Waals surface area contributed by atoms with E-state index in [-0.39, 0.29) is 5.78 Å². The van der Waals surface area contributed by atoms with Crippen LogP contribution in [0.2, 0.25) is 0 Å². The molecule has 0 aromatic heterocycles. The lowest BCUT2D eigenvalue weighted by Gasteiger charge is -2.34. The van der Waals surface area contributed by atoms with Gasteiger partial charge in [-0.3, -0.25) is 4.79 Å². The molecule has 28 heavy (non-hydrogen) atoms. The first-order valence-electron chi connectivity index (χ1n) is 10.2. The Balaban J connectivity index is 1.49. The van der Waals surface area contributed by atoms with Gasteiger partial charge in [0.05, 0.1) is 6.61 Å². The molecule has 4 heteroatoms. The molecular formula is C24H28N2O2. The minimum absolute atomic E-state index is 0.146. The molecule has 1 heterocycles. The molecule has 0 spiro atoms. The molecule has 0 N–H and O–H groups in total. The summed E-state index contributed by atoms with van der Waals surface area (Å²) in [7, 11) is 2.17. The zero-order chi connectivity index (χ0) is 19.5. The molecule has 0 atom stereocenters. The third-order valence-corrected chi connectivity index (χ3v) is 5.69. The summed E-state index contributed by atoms with van der Waals surface area (Å²) in [6.45, 7) is 6.95. The smallest absolute Gasteiger partial charge is 0.189 e. The summed E-state index contributed by atoms with van der Waals surface area (Å²) in [5.74, 6) is 0.994. The topological polar surface area (TPSA) is 32.8 Å². The van der Waals surface area contributed by atoms with Gasteiger partial charge in [0.15, 0.2) is 5.78 Å². The summed E-state index contributed by atoms with van der Waals surface area (Å²) in [5, 5.41) is 0. The van der Waals surface area contributed by atoms with E-state index in [0.717, 1.165) is 67.0 Å². The van der Waals surface area contributed by atoms with Gasteiger partial charge in [-0.1, -0.05) is 12.1 Å². The Hall–Kier alpha value is -2.59. The number of carbonyl (C=O) groups excluding carboxylic acids is 1. The summed E-state index contributed by atoms with van der Waals surface area (Å²) in [6.07, 6.45) is 3.71. The number of aryl methyl sites for hydroxylation is 1. The fraction of sp³-hybridized carbons (Fsp3) is 0.375. The fourth-order valence-electron chi connectivity index (χ4n) is 4.00. The number of anilines is 1. The number of likely N-dealkylation sites (N-methyl/N-ethyl adjacent to an activating group) is 1. The number of ether oxygens (including phenoxy) is 1. The van der Waals surface area contributed by atoms with Gasteiger partial charge >= 0.3 is 0 Å². The van der Waals surface area contributed by atoms with Crippen molar-refractivity contribution in [3.05, 3.63) is 64.7 Å². The number of hydrogen-bond donors (Lipinski definition) is 0. The molecule has 4 nitrogen and oxygen atoms in total. The SMILES string of the molecule is CCOc1ccc2c(c1)CC/C(=C\c1ccc(N3CCN(C)CC3)cc1)C2=O. The number of hydrogen-bond acceptors (Lipinski definition) is 4. The standard InChI is InChI=1S/C24H28N2O2/c1-3-28-22-10-11-23-19(17-22)6-7-20(24(23)27)16-18-4-8-21(9-5-18)26-14-12-25(2)13-15-26/h4-5,8-11,16-17H,3,6-7,12-15H2,1-2H3/b20-16+. The summed E-state index contributed by atoms with van der Waals surface area (Å²) < 4.78 is 5.56. The molecule has 1 aliphatic heterocycles. The van der Waals surface area contributed by atoms with Crippen LogP contribution in [0.5, 0.6) is 5.75 Å². The van der Waals surface area contributed by atoms with Crippen LogP contribution in [0.15, 0.2) is 48.0 Å². The van der Waals surface area contributed by atoms with Gasteiger partial charge in [-0.25, -0.2) is 0 Å². The van der Waals surface area contributed by atoms with Gasteiger partial charge in [0, 0.05) is 43.0 Å². The second kappa shape index (κ2) is 8.19. The van der Waals surface area contributed by atoms with E-state index in [1.807, 2.05) is 25.1 Å². The minimum atomic E-state index is 0.146. The predicted molar refractivity (Wildman–Crippen MR) is 114 cm³/mol. The molecule has 2 aliphatic rings. The van der Waals surface area contributed by atoms with E-state index in [0.29, 0.717) is 6.61 Å². The number of carbonyl (C=O) groups is 1. The van der Waals surface area contributed by atoms with Crippen LogP contribution in [0.1, 0.15) is 34.8 Å². The van der Waals surface area contributed by atoms with E-state index < -0.39 is 0 Å². The van der Waals surface area contributed by atoms with Crippen molar-refractivity contribution < 1.29 is 9.53 Å². The first-order valence-corrected chi connectivity index (χ1v) is 10.2. The van der Waals surface area contributed by atoms with Crippen molar-refractivity contribution in [3.63, 3.8) is 0 Å². The van der Waals surface area contributed by atoms with Crippen molar-refractivity contribution in [1.82, 2.24) is 4.90 Å². The monoisotopic (exact) mass is 376 g/mol. The number of allylic oxidation sites excluding steroid dienone is 1. The number of nitrogens with zero attached hydrogens (tertiary/aromatic N) is 2. The van der Waals surface area contributed by atoms with Gasteiger partial charge in [-0.05, 0) is 74.3 Å². The third kappa shape index (κ3) is 3.97. The largest absolute Gasteiger partial charge is 0.494 e. The summed E-state index contributed by atoms with van der Waals surface area (Å²) in [4.78, 5) is 17.7. The zero-order valence-corrected chi connectivity index (χ0v) is 16.8. The summed E-state index contributed by atoms with van der Waals surface area (Å²) >= 11 is 0. The second-order valence-corrected chi connectivity index (χ2v) is 7.63. The third-order valence-electron chi connectivity index (χ3n) is 5.69. The van der Waals surface area contributed by atoms with Crippen LogP contribution in [-0.4, -0.2) is 50.5 Å². The van der Waals surface area contributed by atoms with Crippen molar-refractivity contribution in [3.8, 4) is 5.75 Å². The Bertz CT molecular complexity index is 878. The van der Waals surface area contributed by atoms with Gasteiger partial charge in [0.1, 0.15) is 5.75 Å². The lowest BCUT2D eigenvalue weighted by atomic mass is 9.86. The molecule has 1 saturated heterocycles. The lowest BCUT2D eigenvalue weighted by Crippen LogP contribution is -2.44. The first kappa shape index (κ1) is 18.8. The molecule has 1 aliphatic carbocycles. The Morgan fingerprint density at radius 3 is 2.46 bits per heavy atom. The Morgan fingerprint density at radius 2 is 1.75 bits per heavy atom. The van der Waals surface area contributed by atoms with E-state index in [1.54, 1.807) is 0 Å². The molecule has 0 amide bonds. The molecule has 0 bridgehead atoms. The Kier molecular flexibility index (Phi) is 5.49. The van der Waals surface area contributed by atoms with Crippen LogP contribution >= 0.6 is 0 Å². The maximum atomic E-state index is 12.9. The van der Waals surface area contributed by atoms with Crippen LogP contribution in [-0.2, 0) is 6.42 Å². The van der Waals surface area contributed by atoms with Crippen molar-refractivity contribution in [2.75, 3.05) is 44.7 Å². The first-order chi connectivity index (χ1) is 13.6. The molecule has 0 radical (unpaired) electrons. The zero-order valence-electron chi connectivity index (χ0n) is 16.8. The van der Waals surface area contributed by atoms with Crippen LogP contribution < -0.4 is 9.64 Å². The van der Waals surface area contributed by atoms with Gasteiger partial charge in [0.2, 0.25) is 0 Å². The number of benzene rings is 2. The van der Waals surface area contributed by atoms with Crippen molar-refractivity contribution >= 4 is 17.5 Å². The van der Waals surface area contributed by atoms with E-state index in [2.05, 4.69) is 47.2 Å². The molecule has 2 aromatic rings. The van der Waals surface area contributed by atoms with E-state index in [9.17, 15) is 4.79 Å². The molecule has 146 valence electrons. The van der Waals surface area contributed by atoms with Crippen LogP contribution in [0.25, 0.3) is 6.08 Å². The van der Waals surface area contributed by atoms with Gasteiger partial charge in [0.25, 0.3) is 0 Å². The minimum Gasteiger partial charge on any atom is -0.494 e.